The first-order valence-electron chi connectivity index (χ1n) is 6.16. The molecule has 3 heterocycles. The van der Waals surface area contributed by atoms with Gasteiger partial charge in [-0.3, -0.25) is 0 Å². The van der Waals surface area contributed by atoms with Gasteiger partial charge in [-0.2, -0.15) is 9.61 Å². The Balaban J connectivity index is 2.06. The Morgan fingerprint density at radius 3 is 3.12 bits per heavy atom. The third kappa shape index (κ3) is 1.85. The van der Waals surface area contributed by atoms with Gasteiger partial charge in [0.15, 0.2) is 0 Å². The molecule has 0 spiro atoms. The average Bonchev–Trinajstić information content (AvgIpc) is 2.75. The van der Waals surface area contributed by atoms with Crippen molar-refractivity contribution in [2.75, 3.05) is 18.0 Å². The van der Waals surface area contributed by atoms with Gasteiger partial charge in [-0.05, 0) is 31.7 Å². The summed E-state index contributed by atoms with van der Waals surface area (Å²) in [6, 6.07) is 2.11. The molecular formula is C12H17N5. The normalized spacial score (nSPS) is 21.1. The van der Waals surface area contributed by atoms with Gasteiger partial charge in [0.05, 0.1) is 11.4 Å². The van der Waals surface area contributed by atoms with Crippen molar-refractivity contribution < 1.29 is 0 Å². The summed E-state index contributed by atoms with van der Waals surface area (Å²) in [6.07, 6.45) is 4.24. The summed E-state index contributed by atoms with van der Waals surface area (Å²) in [5.74, 6) is 0.750. The van der Waals surface area contributed by atoms with E-state index in [1.165, 1.54) is 18.5 Å². The van der Waals surface area contributed by atoms with Crippen molar-refractivity contribution in [3.05, 3.63) is 18.1 Å². The lowest BCUT2D eigenvalue weighted by atomic mass is 10.00. The van der Waals surface area contributed by atoms with Crippen molar-refractivity contribution in [1.82, 2.24) is 19.8 Å². The third-order valence-corrected chi connectivity index (χ3v) is 3.37. The summed E-state index contributed by atoms with van der Waals surface area (Å²) < 4.78 is 1.77. The fourth-order valence-electron chi connectivity index (χ4n) is 2.57. The molecule has 5 nitrogen and oxygen atoms in total. The maximum Gasteiger partial charge on any atom is 0.200 e. The largest absolute Gasteiger partial charge is 0.368 e. The average molecular weight is 231 g/mol. The molecule has 0 saturated carbocycles. The van der Waals surface area contributed by atoms with E-state index in [0.717, 1.165) is 30.3 Å². The molecule has 2 aromatic heterocycles. The van der Waals surface area contributed by atoms with Crippen molar-refractivity contribution in [3.8, 4) is 0 Å². The van der Waals surface area contributed by atoms with Crippen molar-refractivity contribution in [1.29, 1.82) is 0 Å². The SMILES string of the molecule is Cc1cc(N2CCC[C@H](C)C2)c2nncn2n1. The van der Waals surface area contributed by atoms with Gasteiger partial charge < -0.3 is 4.90 Å². The molecule has 0 amide bonds. The molecule has 0 unspecified atom stereocenters. The van der Waals surface area contributed by atoms with Crippen molar-refractivity contribution in [3.63, 3.8) is 0 Å². The van der Waals surface area contributed by atoms with E-state index < -0.39 is 0 Å². The Labute approximate surface area is 100 Å². The van der Waals surface area contributed by atoms with Crippen LogP contribution in [0, 0.1) is 12.8 Å². The minimum Gasteiger partial charge on any atom is -0.368 e. The van der Waals surface area contributed by atoms with Gasteiger partial charge in [0.25, 0.3) is 0 Å². The molecule has 0 bridgehead atoms. The second kappa shape index (κ2) is 3.98. The zero-order valence-electron chi connectivity index (χ0n) is 10.3. The maximum absolute atomic E-state index is 4.38. The first kappa shape index (κ1) is 10.5. The molecule has 90 valence electrons. The Hall–Kier alpha value is -1.65. The Kier molecular flexibility index (Phi) is 2.46. The predicted octanol–water partition coefficient (Wildman–Crippen LogP) is 1.67. The van der Waals surface area contributed by atoms with Gasteiger partial charge in [0.2, 0.25) is 5.65 Å². The highest BCUT2D eigenvalue weighted by molar-refractivity contribution is 5.68. The van der Waals surface area contributed by atoms with Crippen LogP contribution in [0.3, 0.4) is 0 Å². The molecule has 0 aromatic carbocycles. The zero-order valence-corrected chi connectivity index (χ0v) is 10.3. The zero-order chi connectivity index (χ0) is 11.8. The highest BCUT2D eigenvalue weighted by atomic mass is 15.4. The number of hydrogen-bond acceptors (Lipinski definition) is 4. The van der Waals surface area contributed by atoms with Crippen LogP contribution >= 0.6 is 0 Å². The lowest BCUT2D eigenvalue weighted by Crippen LogP contribution is -2.34. The molecule has 0 N–H and O–H groups in total. The minimum absolute atomic E-state index is 0.750. The number of hydrogen-bond donors (Lipinski definition) is 0. The third-order valence-electron chi connectivity index (χ3n) is 3.37. The van der Waals surface area contributed by atoms with Crippen LogP contribution in [-0.4, -0.2) is 32.9 Å². The van der Waals surface area contributed by atoms with E-state index in [4.69, 9.17) is 0 Å². The minimum atomic E-state index is 0.750. The van der Waals surface area contributed by atoms with E-state index in [2.05, 4.69) is 33.2 Å². The molecule has 1 saturated heterocycles. The molecule has 5 heteroatoms. The fraction of sp³-hybridized carbons (Fsp3) is 0.583. The van der Waals surface area contributed by atoms with E-state index in [0.29, 0.717) is 0 Å². The Morgan fingerprint density at radius 1 is 1.41 bits per heavy atom. The second-order valence-electron chi connectivity index (χ2n) is 4.96. The second-order valence-corrected chi connectivity index (χ2v) is 4.96. The molecule has 1 aliphatic rings. The van der Waals surface area contributed by atoms with E-state index in [1.54, 1.807) is 10.8 Å². The van der Waals surface area contributed by atoms with Crippen LogP contribution in [-0.2, 0) is 0 Å². The Morgan fingerprint density at radius 2 is 2.29 bits per heavy atom. The van der Waals surface area contributed by atoms with E-state index in [9.17, 15) is 0 Å². The number of aryl methyl sites for hydroxylation is 1. The maximum atomic E-state index is 4.38. The highest BCUT2D eigenvalue weighted by Gasteiger charge is 2.20. The standard InChI is InChI=1S/C12H17N5/c1-9-4-3-5-16(7-9)11-6-10(2)15-17-8-13-14-12(11)17/h6,8-9H,3-5,7H2,1-2H3/t9-/m0/s1. The van der Waals surface area contributed by atoms with Crippen molar-refractivity contribution in [2.24, 2.45) is 5.92 Å². The van der Waals surface area contributed by atoms with Gasteiger partial charge in [0, 0.05) is 13.1 Å². The van der Waals surface area contributed by atoms with Gasteiger partial charge in [0.1, 0.15) is 6.33 Å². The number of nitrogens with zero attached hydrogens (tertiary/aromatic N) is 5. The smallest absolute Gasteiger partial charge is 0.200 e. The number of piperidine rings is 1. The molecule has 0 radical (unpaired) electrons. The monoisotopic (exact) mass is 231 g/mol. The van der Waals surface area contributed by atoms with E-state index in [1.807, 2.05) is 6.92 Å². The quantitative estimate of drug-likeness (QED) is 0.749. The summed E-state index contributed by atoms with van der Waals surface area (Å²) >= 11 is 0. The first-order valence-corrected chi connectivity index (χ1v) is 6.16. The molecule has 17 heavy (non-hydrogen) atoms. The molecule has 3 rings (SSSR count). The summed E-state index contributed by atoms with van der Waals surface area (Å²) in [4.78, 5) is 2.41. The summed E-state index contributed by atoms with van der Waals surface area (Å²) in [6.45, 7) is 6.53. The van der Waals surface area contributed by atoms with E-state index >= 15 is 0 Å². The fourth-order valence-corrected chi connectivity index (χ4v) is 2.57. The Bertz CT molecular complexity index is 533. The highest BCUT2D eigenvalue weighted by Crippen LogP contribution is 2.25. The number of rotatable bonds is 1. The molecule has 2 aromatic rings. The van der Waals surface area contributed by atoms with Crippen LogP contribution in [0.25, 0.3) is 5.65 Å². The van der Waals surface area contributed by atoms with Crippen molar-refractivity contribution in [2.45, 2.75) is 26.7 Å². The van der Waals surface area contributed by atoms with Crippen molar-refractivity contribution >= 4 is 11.3 Å². The summed E-state index contributed by atoms with van der Waals surface area (Å²) in [5, 5.41) is 12.5. The number of aromatic nitrogens is 4. The molecular weight excluding hydrogens is 214 g/mol. The van der Waals surface area contributed by atoms with Crippen LogP contribution < -0.4 is 4.90 Å². The molecule has 0 aliphatic carbocycles. The topological polar surface area (TPSA) is 46.3 Å². The summed E-state index contributed by atoms with van der Waals surface area (Å²) in [5.41, 5.74) is 3.04. The van der Waals surface area contributed by atoms with Crippen LogP contribution in [0.15, 0.2) is 12.4 Å². The van der Waals surface area contributed by atoms with Gasteiger partial charge >= 0.3 is 0 Å². The van der Waals surface area contributed by atoms with Crippen LogP contribution in [0.1, 0.15) is 25.5 Å². The molecule has 1 aliphatic heterocycles. The molecule has 1 fully saturated rings. The number of fused-ring (bicyclic) bond motifs is 1. The van der Waals surface area contributed by atoms with Gasteiger partial charge in [-0.25, -0.2) is 0 Å². The van der Waals surface area contributed by atoms with Crippen LogP contribution in [0.5, 0.6) is 0 Å². The van der Waals surface area contributed by atoms with Gasteiger partial charge in [-0.15, -0.1) is 10.2 Å². The predicted molar refractivity (Wildman–Crippen MR) is 66.1 cm³/mol. The van der Waals surface area contributed by atoms with Crippen LogP contribution in [0.4, 0.5) is 5.69 Å². The summed E-state index contributed by atoms with van der Waals surface area (Å²) in [7, 11) is 0. The lowest BCUT2D eigenvalue weighted by Gasteiger charge is -2.32. The first-order chi connectivity index (χ1) is 8.24. The van der Waals surface area contributed by atoms with Gasteiger partial charge in [-0.1, -0.05) is 6.92 Å². The molecule has 1 atom stereocenters. The van der Waals surface area contributed by atoms with Crippen LogP contribution in [0.2, 0.25) is 0 Å². The van der Waals surface area contributed by atoms with E-state index in [-0.39, 0.29) is 0 Å². The number of anilines is 1. The lowest BCUT2D eigenvalue weighted by molar-refractivity contribution is 0.447.